The van der Waals surface area contributed by atoms with Crippen LogP contribution in [0.3, 0.4) is 0 Å². The first-order valence-electron chi connectivity index (χ1n) is 9.45. The van der Waals surface area contributed by atoms with E-state index in [1.807, 2.05) is 30.3 Å². The molecule has 0 radical (unpaired) electrons. The molecule has 0 aliphatic heterocycles. The number of rotatable bonds is 8. The molecule has 0 spiro atoms. The molecular formula is C22H25O3P. The molecule has 1 unspecified atom stereocenters. The molecule has 2 aliphatic rings. The highest BCUT2D eigenvalue weighted by atomic mass is 31.2. The second-order valence-electron chi connectivity index (χ2n) is 7.54. The third-order valence-electron chi connectivity index (χ3n) is 5.49. The lowest BCUT2D eigenvalue weighted by molar-refractivity contribution is -0.119. The van der Waals surface area contributed by atoms with E-state index < -0.39 is 8.38 Å². The van der Waals surface area contributed by atoms with E-state index in [2.05, 4.69) is 24.3 Å². The molecular weight excluding hydrogens is 343 g/mol. The highest BCUT2D eigenvalue weighted by Crippen LogP contribution is 2.54. The van der Waals surface area contributed by atoms with Gasteiger partial charge in [0.1, 0.15) is 5.78 Å². The van der Waals surface area contributed by atoms with Gasteiger partial charge in [-0.15, -0.1) is 0 Å². The lowest BCUT2D eigenvalue weighted by Crippen LogP contribution is -2.26. The Kier molecular flexibility index (Phi) is 5.49. The lowest BCUT2D eigenvalue weighted by Gasteiger charge is -2.37. The fourth-order valence-corrected chi connectivity index (χ4v) is 4.88. The zero-order chi connectivity index (χ0) is 17.9. The molecule has 0 amide bonds. The number of benzene rings is 2. The molecule has 3 nitrogen and oxygen atoms in total. The van der Waals surface area contributed by atoms with E-state index in [1.54, 1.807) is 0 Å². The minimum atomic E-state index is -1.36. The number of ketones is 1. The van der Waals surface area contributed by atoms with Crippen molar-refractivity contribution in [1.29, 1.82) is 0 Å². The molecule has 2 saturated carbocycles. The summed E-state index contributed by atoms with van der Waals surface area (Å²) in [7, 11) is -1.36. The van der Waals surface area contributed by atoms with Gasteiger partial charge in [-0.05, 0) is 48.3 Å². The van der Waals surface area contributed by atoms with Crippen LogP contribution in [-0.2, 0) is 22.3 Å². The molecule has 0 aromatic heterocycles. The van der Waals surface area contributed by atoms with Crippen LogP contribution in [0.1, 0.15) is 48.3 Å². The molecule has 4 rings (SSSR count). The summed E-state index contributed by atoms with van der Waals surface area (Å²) in [6, 6.07) is 18.5. The Morgan fingerprint density at radius 3 is 2.35 bits per heavy atom. The van der Waals surface area contributed by atoms with Crippen LogP contribution in [0.4, 0.5) is 0 Å². The average Bonchev–Trinajstić information content (AvgIpc) is 3.46. The second-order valence-corrected chi connectivity index (χ2v) is 9.14. The predicted molar refractivity (Wildman–Crippen MR) is 104 cm³/mol. The fraction of sp³-hybridized carbons (Fsp3) is 0.409. The Bertz CT molecular complexity index is 734. The van der Waals surface area contributed by atoms with Crippen molar-refractivity contribution >= 4 is 14.2 Å². The monoisotopic (exact) mass is 368 g/mol. The van der Waals surface area contributed by atoms with Gasteiger partial charge < -0.3 is 9.42 Å². The van der Waals surface area contributed by atoms with Crippen LogP contribution in [0.2, 0.25) is 0 Å². The van der Waals surface area contributed by atoms with Crippen LogP contribution in [0.15, 0.2) is 54.6 Å². The Hall–Kier alpha value is -1.54. The third kappa shape index (κ3) is 4.40. The number of Topliss-reactive ketones (excluding diaryl/α,β-unsaturated/α-hetero) is 1. The van der Waals surface area contributed by atoms with E-state index in [0.29, 0.717) is 30.6 Å². The van der Waals surface area contributed by atoms with Gasteiger partial charge in [0.15, 0.2) is 8.38 Å². The molecule has 2 aromatic rings. The zero-order valence-electron chi connectivity index (χ0n) is 14.9. The normalized spacial score (nSPS) is 23.3. The first kappa shape index (κ1) is 17.9. The second kappa shape index (κ2) is 8.00. The van der Waals surface area contributed by atoms with Gasteiger partial charge in [0.2, 0.25) is 0 Å². The summed E-state index contributed by atoms with van der Waals surface area (Å²) in [6.45, 7) is 0.480. The molecule has 1 N–H and O–H groups in total. The summed E-state index contributed by atoms with van der Waals surface area (Å²) >= 11 is 0. The SMILES string of the molecule is O=C(Cc1ccc(C2CC(P(O)OCc3ccccc3)C2)cc1)C1CC1. The molecule has 1 atom stereocenters. The first-order chi connectivity index (χ1) is 12.7. The topological polar surface area (TPSA) is 46.5 Å². The summed E-state index contributed by atoms with van der Waals surface area (Å²) in [5.41, 5.74) is 3.81. The molecule has 0 heterocycles. The summed E-state index contributed by atoms with van der Waals surface area (Å²) < 4.78 is 5.69. The van der Waals surface area contributed by atoms with Gasteiger partial charge in [0, 0.05) is 18.0 Å². The predicted octanol–water partition coefficient (Wildman–Crippen LogP) is 4.98. The Morgan fingerprint density at radius 1 is 1.00 bits per heavy atom. The van der Waals surface area contributed by atoms with Gasteiger partial charge in [0.25, 0.3) is 0 Å². The quantitative estimate of drug-likeness (QED) is 0.669. The van der Waals surface area contributed by atoms with E-state index in [9.17, 15) is 9.69 Å². The van der Waals surface area contributed by atoms with Crippen LogP contribution in [-0.4, -0.2) is 16.3 Å². The molecule has 2 aromatic carbocycles. The largest absolute Gasteiger partial charge is 0.350 e. The maximum absolute atomic E-state index is 11.9. The van der Waals surface area contributed by atoms with Gasteiger partial charge >= 0.3 is 0 Å². The van der Waals surface area contributed by atoms with Crippen molar-refractivity contribution in [2.24, 2.45) is 5.92 Å². The highest BCUT2D eigenvalue weighted by Gasteiger charge is 2.36. The minimum absolute atomic E-state index is 0.273. The fourth-order valence-electron chi connectivity index (χ4n) is 3.52. The first-order valence-corrected chi connectivity index (χ1v) is 10.7. The number of carbonyl (C=O) groups is 1. The summed E-state index contributed by atoms with van der Waals surface area (Å²) in [5.74, 6) is 1.23. The average molecular weight is 368 g/mol. The van der Waals surface area contributed by atoms with E-state index in [0.717, 1.165) is 36.8 Å². The smallest absolute Gasteiger partial charge is 0.171 e. The summed E-state index contributed by atoms with van der Waals surface area (Å²) in [5, 5.41) is 0. The van der Waals surface area contributed by atoms with Crippen molar-refractivity contribution in [3.05, 3.63) is 71.3 Å². The van der Waals surface area contributed by atoms with E-state index >= 15 is 0 Å². The van der Waals surface area contributed by atoms with Crippen molar-refractivity contribution in [3.63, 3.8) is 0 Å². The van der Waals surface area contributed by atoms with Crippen molar-refractivity contribution in [2.75, 3.05) is 0 Å². The van der Waals surface area contributed by atoms with Crippen molar-refractivity contribution < 1.29 is 14.2 Å². The van der Waals surface area contributed by atoms with Crippen molar-refractivity contribution in [2.45, 2.75) is 50.3 Å². The van der Waals surface area contributed by atoms with Crippen LogP contribution in [0.25, 0.3) is 0 Å². The molecule has 136 valence electrons. The van der Waals surface area contributed by atoms with E-state index in [1.165, 1.54) is 5.56 Å². The van der Waals surface area contributed by atoms with Crippen molar-refractivity contribution in [3.8, 4) is 0 Å². The van der Waals surface area contributed by atoms with Gasteiger partial charge in [-0.2, -0.15) is 0 Å². The highest BCUT2D eigenvalue weighted by molar-refractivity contribution is 7.47. The molecule has 0 bridgehead atoms. The minimum Gasteiger partial charge on any atom is -0.350 e. The maximum atomic E-state index is 11.9. The molecule has 4 heteroatoms. The Balaban J connectivity index is 1.23. The van der Waals surface area contributed by atoms with Gasteiger partial charge in [0.05, 0.1) is 6.61 Å². The van der Waals surface area contributed by atoms with Gasteiger partial charge in [-0.1, -0.05) is 54.6 Å². The molecule has 26 heavy (non-hydrogen) atoms. The van der Waals surface area contributed by atoms with Crippen LogP contribution in [0.5, 0.6) is 0 Å². The molecule has 2 aliphatic carbocycles. The van der Waals surface area contributed by atoms with Gasteiger partial charge in [-0.25, -0.2) is 0 Å². The van der Waals surface area contributed by atoms with Crippen LogP contribution >= 0.6 is 8.38 Å². The summed E-state index contributed by atoms with van der Waals surface area (Å²) in [6.07, 6.45) is 4.70. The standard InChI is InChI=1S/C22H25O3P/c23-22(19-10-11-19)12-16-6-8-18(9-7-16)20-13-21(14-20)26(24)25-15-17-4-2-1-3-5-17/h1-9,19-21,24H,10-15H2. The summed E-state index contributed by atoms with van der Waals surface area (Å²) in [4.78, 5) is 22.2. The van der Waals surface area contributed by atoms with E-state index in [-0.39, 0.29) is 5.66 Å². The Morgan fingerprint density at radius 2 is 1.69 bits per heavy atom. The van der Waals surface area contributed by atoms with E-state index in [4.69, 9.17) is 4.52 Å². The maximum Gasteiger partial charge on any atom is 0.171 e. The van der Waals surface area contributed by atoms with Gasteiger partial charge in [-0.3, -0.25) is 4.79 Å². The Labute approximate surface area is 156 Å². The number of hydrogen-bond acceptors (Lipinski definition) is 3. The van der Waals surface area contributed by atoms with Crippen molar-refractivity contribution in [1.82, 2.24) is 0 Å². The number of carbonyl (C=O) groups excluding carboxylic acids is 1. The van der Waals surface area contributed by atoms with Crippen LogP contribution in [0, 0.1) is 5.92 Å². The third-order valence-corrected chi connectivity index (χ3v) is 6.93. The molecule has 2 fully saturated rings. The lowest BCUT2D eigenvalue weighted by atomic mass is 9.79. The molecule has 0 saturated heterocycles. The number of hydrogen-bond donors (Lipinski definition) is 1. The zero-order valence-corrected chi connectivity index (χ0v) is 15.8. The van der Waals surface area contributed by atoms with Crippen LogP contribution < -0.4 is 0 Å².